The number of aromatic nitrogens is 2. The standard InChI is InChI=1S/C12H6BrClN2O2/c13-7-4-10-11(15-6-7)16(12(17)18-10)9-3-1-2-8(14)5-9/h1-6H. The normalized spacial score (nSPS) is 11.0. The van der Waals surface area contributed by atoms with Crippen LogP contribution in [0.25, 0.3) is 16.9 Å². The van der Waals surface area contributed by atoms with Crippen molar-refractivity contribution in [2.24, 2.45) is 0 Å². The minimum atomic E-state index is -0.488. The molecule has 3 rings (SSSR count). The zero-order chi connectivity index (χ0) is 12.7. The summed E-state index contributed by atoms with van der Waals surface area (Å²) >= 11 is 9.20. The topological polar surface area (TPSA) is 48.0 Å². The Morgan fingerprint density at radius 3 is 2.94 bits per heavy atom. The summed E-state index contributed by atoms with van der Waals surface area (Å²) < 4.78 is 7.28. The van der Waals surface area contributed by atoms with E-state index in [-0.39, 0.29) is 0 Å². The Balaban J connectivity index is 2.35. The third-order valence-electron chi connectivity index (χ3n) is 2.46. The molecule has 0 radical (unpaired) electrons. The SMILES string of the molecule is O=c1oc2cc(Br)cnc2n1-c1cccc(Cl)c1. The molecule has 0 N–H and O–H groups in total. The number of fused-ring (bicyclic) bond motifs is 1. The van der Waals surface area contributed by atoms with Gasteiger partial charge in [-0.2, -0.15) is 0 Å². The van der Waals surface area contributed by atoms with E-state index in [4.69, 9.17) is 16.0 Å². The lowest BCUT2D eigenvalue weighted by Gasteiger charge is -2.01. The Kier molecular flexibility index (Phi) is 2.72. The molecule has 2 aromatic heterocycles. The Morgan fingerprint density at radius 2 is 2.17 bits per heavy atom. The summed E-state index contributed by atoms with van der Waals surface area (Å²) in [6, 6.07) is 8.66. The van der Waals surface area contributed by atoms with Gasteiger partial charge in [0.25, 0.3) is 0 Å². The van der Waals surface area contributed by atoms with Crippen LogP contribution < -0.4 is 5.76 Å². The van der Waals surface area contributed by atoms with Gasteiger partial charge in [-0.1, -0.05) is 17.7 Å². The lowest BCUT2D eigenvalue weighted by molar-refractivity contribution is 0.540. The van der Waals surface area contributed by atoms with Crippen molar-refractivity contribution in [3.63, 3.8) is 0 Å². The summed E-state index contributed by atoms with van der Waals surface area (Å²) in [6.45, 7) is 0. The fourth-order valence-corrected chi connectivity index (χ4v) is 2.22. The third-order valence-corrected chi connectivity index (χ3v) is 3.13. The van der Waals surface area contributed by atoms with Gasteiger partial charge in [0.15, 0.2) is 11.2 Å². The third kappa shape index (κ3) is 1.85. The zero-order valence-electron chi connectivity index (χ0n) is 8.93. The molecule has 0 amide bonds. The summed E-state index contributed by atoms with van der Waals surface area (Å²) in [5.41, 5.74) is 1.51. The Labute approximate surface area is 115 Å². The van der Waals surface area contributed by atoms with E-state index in [1.807, 2.05) is 0 Å². The van der Waals surface area contributed by atoms with Crippen LogP contribution in [0.5, 0.6) is 0 Å². The zero-order valence-corrected chi connectivity index (χ0v) is 11.3. The molecule has 1 aromatic carbocycles. The second-order valence-electron chi connectivity index (χ2n) is 3.66. The fraction of sp³-hybridized carbons (Fsp3) is 0. The van der Waals surface area contributed by atoms with Crippen LogP contribution in [0.4, 0.5) is 0 Å². The first-order chi connectivity index (χ1) is 8.65. The predicted molar refractivity (Wildman–Crippen MR) is 72.3 cm³/mol. The first-order valence-corrected chi connectivity index (χ1v) is 6.25. The van der Waals surface area contributed by atoms with Gasteiger partial charge in [-0.05, 0) is 34.1 Å². The van der Waals surface area contributed by atoms with E-state index in [1.165, 1.54) is 4.57 Å². The van der Waals surface area contributed by atoms with Crippen molar-refractivity contribution in [1.29, 1.82) is 0 Å². The lowest BCUT2D eigenvalue weighted by Crippen LogP contribution is -2.12. The molecule has 0 saturated heterocycles. The molecule has 2 heterocycles. The smallest absolute Gasteiger partial charge is 0.406 e. The summed E-state index contributed by atoms with van der Waals surface area (Å²) in [7, 11) is 0. The van der Waals surface area contributed by atoms with Crippen LogP contribution in [0.3, 0.4) is 0 Å². The van der Waals surface area contributed by atoms with Crippen LogP contribution in [0.1, 0.15) is 0 Å². The Bertz CT molecular complexity index is 794. The minimum Gasteiger partial charge on any atom is -0.406 e. The second-order valence-corrected chi connectivity index (χ2v) is 5.01. The summed E-state index contributed by atoms with van der Waals surface area (Å²) in [5.74, 6) is -0.488. The van der Waals surface area contributed by atoms with Crippen LogP contribution in [0.15, 0.2) is 50.2 Å². The molecular weight excluding hydrogens is 320 g/mol. The number of benzene rings is 1. The molecular formula is C12H6BrClN2O2. The average molecular weight is 326 g/mol. The largest absolute Gasteiger partial charge is 0.425 e. The van der Waals surface area contributed by atoms with Crippen molar-refractivity contribution in [2.75, 3.05) is 0 Å². The quantitative estimate of drug-likeness (QED) is 0.689. The maximum atomic E-state index is 11.9. The predicted octanol–water partition coefficient (Wildman–Crippen LogP) is 3.39. The molecule has 0 aliphatic rings. The summed E-state index contributed by atoms with van der Waals surface area (Å²) in [5, 5.41) is 0.547. The molecule has 0 aliphatic carbocycles. The highest BCUT2D eigenvalue weighted by Crippen LogP contribution is 2.20. The molecule has 0 unspecified atom stereocenters. The Morgan fingerprint density at radius 1 is 1.33 bits per heavy atom. The van der Waals surface area contributed by atoms with Crippen molar-refractivity contribution in [3.8, 4) is 5.69 Å². The summed E-state index contributed by atoms with van der Waals surface area (Å²) in [6.07, 6.45) is 1.61. The highest BCUT2D eigenvalue weighted by Gasteiger charge is 2.12. The van der Waals surface area contributed by atoms with Gasteiger partial charge in [-0.3, -0.25) is 0 Å². The van der Waals surface area contributed by atoms with E-state index in [1.54, 1.807) is 36.5 Å². The molecule has 0 bridgehead atoms. The molecule has 0 fully saturated rings. The number of hydrogen-bond acceptors (Lipinski definition) is 3. The summed E-state index contributed by atoms with van der Waals surface area (Å²) in [4.78, 5) is 16.0. The van der Waals surface area contributed by atoms with E-state index in [0.717, 1.165) is 4.47 Å². The molecule has 0 atom stereocenters. The van der Waals surface area contributed by atoms with Gasteiger partial charge in [-0.25, -0.2) is 14.3 Å². The van der Waals surface area contributed by atoms with Gasteiger partial charge in [0.1, 0.15) is 0 Å². The van der Waals surface area contributed by atoms with E-state index in [2.05, 4.69) is 20.9 Å². The maximum Gasteiger partial charge on any atom is 0.425 e. The minimum absolute atomic E-state index is 0.425. The number of halogens is 2. The molecule has 6 heteroatoms. The lowest BCUT2D eigenvalue weighted by atomic mass is 10.3. The van der Waals surface area contributed by atoms with Crippen molar-refractivity contribution < 1.29 is 4.42 Å². The van der Waals surface area contributed by atoms with Crippen LogP contribution in [0.2, 0.25) is 5.02 Å². The molecule has 90 valence electrons. The molecule has 18 heavy (non-hydrogen) atoms. The van der Waals surface area contributed by atoms with Crippen molar-refractivity contribution in [1.82, 2.24) is 9.55 Å². The van der Waals surface area contributed by atoms with Gasteiger partial charge in [0.2, 0.25) is 0 Å². The fourth-order valence-electron chi connectivity index (χ4n) is 1.73. The Hall–Kier alpha value is -1.59. The van der Waals surface area contributed by atoms with Crippen LogP contribution in [0, 0.1) is 0 Å². The first-order valence-electron chi connectivity index (χ1n) is 5.08. The molecule has 0 aliphatic heterocycles. The van der Waals surface area contributed by atoms with E-state index in [9.17, 15) is 4.79 Å². The van der Waals surface area contributed by atoms with Crippen LogP contribution >= 0.6 is 27.5 Å². The van der Waals surface area contributed by atoms with E-state index >= 15 is 0 Å². The van der Waals surface area contributed by atoms with Gasteiger partial charge in [0.05, 0.1) is 5.69 Å². The number of rotatable bonds is 1. The number of oxazole rings is 1. The number of pyridine rings is 1. The van der Waals surface area contributed by atoms with Crippen LogP contribution in [-0.2, 0) is 0 Å². The van der Waals surface area contributed by atoms with Gasteiger partial charge in [0, 0.05) is 21.8 Å². The van der Waals surface area contributed by atoms with Gasteiger partial charge >= 0.3 is 5.76 Å². The molecule has 4 nitrogen and oxygen atoms in total. The molecule has 0 saturated carbocycles. The first kappa shape index (κ1) is 11.5. The van der Waals surface area contributed by atoms with Crippen molar-refractivity contribution >= 4 is 38.8 Å². The number of nitrogens with zero attached hydrogens (tertiary/aromatic N) is 2. The highest BCUT2D eigenvalue weighted by molar-refractivity contribution is 9.10. The molecule has 3 aromatic rings. The highest BCUT2D eigenvalue weighted by atomic mass is 79.9. The second kappa shape index (κ2) is 4.26. The van der Waals surface area contributed by atoms with Gasteiger partial charge < -0.3 is 4.42 Å². The van der Waals surface area contributed by atoms with E-state index in [0.29, 0.717) is 21.9 Å². The number of hydrogen-bond donors (Lipinski definition) is 0. The average Bonchev–Trinajstić information content (AvgIpc) is 2.64. The van der Waals surface area contributed by atoms with Crippen molar-refractivity contribution in [2.45, 2.75) is 0 Å². The van der Waals surface area contributed by atoms with Crippen LogP contribution in [-0.4, -0.2) is 9.55 Å². The molecule has 0 spiro atoms. The van der Waals surface area contributed by atoms with E-state index < -0.39 is 5.76 Å². The van der Waals surface area contributed by atoms with Gasteiger partial charge in [-0.15, -0.1) is 0 Å². The maximum absolute atomic E-state index is 11.9. The monoisotopic (exact) mass is 324 g/mol. The van der Waals surface area contributed by atoms with Crippen molar-refractivity contribution in [3.05, 3.63) is 56.6 Å².